The maximum Gasteiger partial charge on any atom is 0.337 e. The minimum atomic E-state index is -0.410. The van der Waals surface area contributed by atoms with Crippen molar-refractivity contribution in [3.8, 4) is 0 Å². The fourth-order valence-corrected chi connectivity index (χ4v) is 2.69. The molecule has 124 valence electrons. The minimum absolute atomic E-state index is 0.284. The van der Waals surface area contributed by atoms with Crippen LogP contribution < -0.4 is 10.2 Å². The second-order valence-electron chi connectivity index (χ2n) is 5.62. The standard InChI is InChI=1S/C18H19N3O3/c1-24-18(23)13-4-6-14(7-5-13)20-17(22)16-9-8-15(12-19-16)21-10-2-3-11-21/h4-9,12H,2-3,10-11H2,1H3,(H,20,22). The third kappa shape index (κ3) is 3.53. The topological polar surface area (TPSA) is 71.5 Å². The van der Waals surface area contributed by atoms with Crippen molar-refractivity contribution in [2.45, 2.75) is 12.8 Å². The van der Waals surface area contributed by atoms with Gasteiger partial charge >= 0.3 is 5.97 Å². The molecule has 3 rings (SSSR count). The number of carbonyl (C=O) groups is 2. The number of amides is 1. The molecule has 0 spiro atoms. The van der Waals surface area contributed by atoms with Crippen molar-refractivity contribution < 1.29 is 14.3 Å². The van der Waals surface area contributed by atoms with Gasteiger partial charge < -0.3 is 15.0 Å². The quantitative estimate of drug-likeness (QED) is 0.875. The summed E-state index contributed by atoms with van der Waals surface area (Å²) in [6.07, 6.45) is 4.13. The zero-order valence-corrected chi connectivity index (χ0v) is 13.5. The number of rotatable bonds is 4. The number of anilines is 2. The zero-order chi connectivity index (χ0) is 16.9. The van der Waals surface area contributed by atoms with E-state index in [1.165, 1.54) is 20.0 Å². The number of aromatic nitrogens is 1. The third-order valence-electron chi connectivity index (χ3n) is 4.02. The molecule has 0 unspecified atom stereocenters. The molecule has 1 aliphatic rings. The Morgan fingerprint density at radius 2 is 1.79 bits per heavy atom. The van der Waals surface area contributed by atoms with Gasteiger partial charge in [0.25, 0.3) is 5.91 Å². The predicted octanol–water partition coefficient (Wildman–Crippen LogP) is 2.72. The number of pyridine rings is 1. The van der Waals surface area contributed by atoms with Gasteiger partial charge in [0.2, 0.25) is 0 Å². The van der Waals surface area contributed by atoms with Crippen molar-refractivity contribution in [3.63, 3.8) is 0 Å². The van der Waals surface area contributed by atoms with Crippen molar-refractivity contribution >= 4 is 23.3 Å². The molecule has 1 aliphatic heterocycles. The highest BCUT2D eigenvalue weighted by atomic mass is 16.5. The van der Waals surface area contributed by atoms with Crippen molar-refractivity contribution in [2.75, 3.05) is 30.4 Å². The molecule has 0 aliphatic carbocycles. The summed E-state index contributed by atoms with van der Waals surface area (Å²) in [5.41, 5.74) is 2.43. The molecular weight excluding hydrogens is 306 g/mol. The molecule has 24 heavy (non-hydrogen) atoms. The van der Waals surface area contributed by atoms with E-state index in [2.05, 4.69) is 19.9 Å². The Balaban J connectivity index is 1.65. The summed E-state index contributed by atoms with van der Waals surface area (Å²) in [6.45, 7) is 2.08. The van der Waals surface area contributed by atoms with E-state index < -0.39 is 5.97 Å². The lowest BCUT2D eigenvalue weighted by Crippen LogP contribution is -2.19. The Morgan fingerprint density at radius 3 is 2.38 bits per heavy atom. The van der Waals surface area contributed by atoms with Crippen molar-refractivity contribution in [1.82, 2.24) is 4.98 Å². The lowest BCUT2D eigenvalue weighted by molar-refractivity contribution is 0.0600. The monoisotopic (exact) mass is 325 g/mol. The molecule has 0 atom stereocenters. The van der Waals surface area contributed by atoms with Crippen LogP contribution in [-0.4, -0.2) is 37.1 Å². The SMILES string of the molecule is COC(=O)c1ccc(NC(=O)c2ccc(N3CCCC3)cn2)cc1. The first-order valence-corrected chi connectivity index (χ1v) is 7.88. The molecule has 1 N–H and O–H groups in total. The number of carbonyl (C=O) groups excluding carboxylic acids is 2. The van der Waals surface area contributed by atoms with Gasteiger partial charge in [0.1, 0.15) is 5.69 Å². The number of esters is 1. The average molecular weight is 325 g/mol. The molecule has 1 saturated heterocycles. The first kappa shape index (κ1) is 16.0. The van der Waals surface area contributed by atoms with Crippen molar-refractivity contribution in [2.24, 2.45) is 0 Å². The summed E-state index contributed by atoms with van der Waals surface area (Å²) in [6, 6.07) is 10.2. The van der Waals surface area contributed by atoms with E-state index in [0.29, 0.717) is 16.9 Å². The Hall–Kier alpha value is -2.89. The van der Waals surface area contributed by atoms with Crippen LogP contribution in [0.5, 0.6) is 0 Å². The Bertz CT molecular complexity index is 720. The summed E-state index contributed by atoms with van der Waals surface area (Å²) in [4.78, 5) is 30.1. The fourth-order valence-electron chi connectivity index (χ4n) is 2.69. The van der Waals surface area contributed by atoms with E-state index in [1.54, 1.807) is 36.5 Å². The Labute approximate surface area is 140 Å². The second-order valence-corrected chi connectivity index (χ2v) is 5.62. The summed E-state index contributed by atoms with van der Waals surface area (Å²) < 4.78 is 4.64. The van der Waals surface area contributed by atoms with Crippen LogP contribution in [0.25, 0.3) is 0 Å². The van der Waals surface area contributed by atoms with Crippen LogP contribution >= 0.6 is 0 Å². The molecule has 2 aromatic rings. The molecule has 0 radical (unpaired) electrons. The van der Waals surface area contributed by atoms with Gasteiger partial charge in [-0.15, -0.1) is 0 Å². The molecular formula is C18H19N3O3. The van der Waals surface area contributed by atoms with Gasteiger partial charge in [0.05, 0.1) is 24.6 Å². The average Bonchev–Trinajstić information content (AvgIpc) is 3.16. The number of nitrogens with one attached hydrogen (secondary N) is 1. The zero-order valence-electron chi connectivity index (χ0n) is 13.5. The van der Waals surface area contributed by atoms with Gasteiger partial charge in [-0.25, -0.2) is 9.78 Å². The van der Waals surface area contributed by atoms with Gasteiger partial charge in [-0.05, 0) is 49.2 Å². The van der Waals surface area contributed by atoms with Gasteiger partial charge in [-0.2, -0.15) is 0 Å². The van der Waals surface area contributed by atoms with Crippen LogP contribution in [0.4, 0.5) is 11.4 Å². The van der Waals surface area contributed by atoms with Gasteiger partial charge in [-0.3, -0.25) is 4.79 Å². The molecule has 1 amide bonds. The molecule has 6 nitrogen and oxygen atoms in total. The smallest absolute Gasteiger partial charge is 0.337 e. The van der Waals surface area contributed by atoms with E-state index >= 15 is 0 Å². The number of hydrogen-bond acceptors (Lipinski definition) is 5. The first-order chi connectivity index (χ1) is 11.7. The number of hydrogen-bond donors (Lipinski definition) is 1. The number of nitrogens with zero attached hydrogens (tertiary/aromatic N) is 2. The Morgan fingerprint density at radius 1 is 1.08 bits per heavy atom. The highest BCUT2D eigenvalue weighted by molar-refractivity contribution is 6.03. The van der Waals surface area contributed by atoms with E-state index in [1.807, 2.05) is 6.07 Å². The van der Waals surface area contributed by atoms with E-state index in [-0.39, 0.29) is 5.91 Å². The number of benzene rings is 1. The minimum Gasteiger partial charge on any atom is -0.465 e. The van der Waals surface area contributed by atoms with Crippen LogP contribution in [0.1, 0.15) is 33.7 Å². The molecule has 1 fully saturated rings. The molecule has 2 heterocycles. The van der Waals surface area contributed by atoms with Crippen molar-refractivity contribution in [1.29, 1.82) is 0 Å². The lowest BCUT2D eigenvalue weighted by Gasteiger charge is -2.16. The third-order valence-corrected chi connectivity index (χ3v) is 4.02. The van der Waals surface area contributed by atoms with Crippen LogP contribution in [0.3, 0.4) is 0 Å². The largest absolute Gasteiger partial charge is 0.465 e. The molecule has 6 heteroatoms. The first-order valence-electron chi connectivity index (χ1n) is 7.88. The summed E-state index contributed by atoms with van der Waals surface area (Å²) in [7, 11) is 1.33. The van der Waals surface area contributed by atoms with Gasteiger partial charge in [-0.1, -0.05) is 0 Å². The van der Waals surface area contributed by atoms with Crippen LogP contribution in [0.15, 0.2) is 42.6 Å². The molecule has 1 aromatic heterocycles. The molecule has 1 aromatic carbocycles. The maximum absolute atomic E-state index is 12.2. The van der Waals surface area contributed by atoms with Crippen LogP contribution in [0.2, 0.25) is 0 Å². The highest BCUT2D eigenvalue weighted by Crippen LogP contribution is 2.19. The molecule has 0 bridgehead atoms. The second kappa shape index (κ2) is 7.12. The van der Waals surface area contributed by atoms with E-state index in [0.717, 1.165) is 18.8 Å². The van der Waals surface area contributed by atoms with Crippen molar-refractivity contribution in [3.05, 3.63) is 53.9 Å². The normalized spacial score (nSPS) is 13.6. The Kier molecular flexibility index (Phi) is 4.74. The summed E-state index contributed by atoms with van der Waals surface area (Å²) >= 11 is 0. The number of methoxy groups -OCH3 is 1. The highest BCUT2D eigenvalue weighted by Gasteiger charge is 2.14. The van der Waals surface area contributed by atoms with Crippen LogP contribution in [0, 0.1) is 0 Å². The van der Waals surface area contributed by atoms with Gasteiger partial charge in [0.15, 0.2) is 0 Å². The van der Waals surface area contributed by atoms with Crippen LogP contribution in [-0.2, 0) is 4.74 Å². The predicted molar refractivity (Wildman–Crippen MR) is 91.4 cm³/mol. The molecule has 0 saturated carbocycles. The lowest BCUT2D eigenvalue weighted by atomic mass is 10.2. The fraction of sp³-hybridized carbons (Fsp3) is 0.278. The van der Waals surface area contributed by atoms with E-state index in [9.17, 15) is 9.59 Å². The van der Waals surface area contributed by atoms with Gasteiger partial charge in [0, 0.05) is 18.8 Å². The summed E-state index contributed by atoms with van der Waals surface area (Å²) in [5, 5.41) is 2.76. The summed E-state index contributed by atoms with van der Waals surface area (Å²) in [5.74, 6) is -0.694. The van der Waals surface area contributed by atoms with E-state index in [4.69, 9.17) is 0 Å². The maximum atomic E-state index is 12.2. The number of ether oxygens (including phenoxy) is 1.